The molecule has 3 aromatic rings. The van der Waals surface area contributed by atoms with Gasteiger partial charge in [0.15, 0.2) is 0 Å². The molecule has 0 bridgehead atoms. The van der Waals surface area contributed by atoms with E-state index >= 15 is 0 Å². The van der Waals surface area contributed by atoms with Gasteiger partial charge < -0.3 is 9.88 Å². The van der Waals surface area contributed by atoms with Crippen LogP contribution in [-0.2, 0) is 0 Å². The van der Waals surface area contributed by atoms with Gasteiger partial charge in [0.2, 0.25) is 0 Å². The molecule has 0 fully saturated rings. The molecular weight excluding hydrogens is 308 g/mol. The van der Waals surface area contributed by atoms with Gasteiger partial charge in [0.1, 0.15) is 11.9 Å². The number of para-hydroxylation sites is 2. The van der Waals surface area contributed by atoms with Crippen LogP contribution in [0.1, 0.15) is 11.4 Å². The normalized spacial score (nSPS) is 10.9. The van der Waals surface area contributed by atoms with E-state index in [1.54, 1.807) is 0 Å². The van der Waals surface area contributed by atoms with Crippen LogP contribution in [0.4, 0.5) is 5.69 Å². The minimum atomic E-state index is 0. The van der Waals surface area contributed by atoms with E-state index in [1.165, 1.54) is 0 Å². The number of rotatable bonds is 3. The Morgan fingerprint density at radius 3 is 2.43 bits per heavy atom. The van der Waals surface area contributed by atoms with Crippen molar-refractivity contribution in [3.63, 3.8) is 0 Å². The Bertz CT molecular complexity index is 837. The van der Waals surface area contributed by atoms with E-state index in [0.29, 0.717) is 11.4 Å². The Morgan fingerprint density at radius 1 is 1.13 bits per heavy atom. The molecule has 1 aromatic heterocycles. The minimum absolute atomic E-state index is 0. The maximum absolute atomic E-state index is 9.42. The molecule has 0 saturated carbocycles. The number of allylic oxidation sites excluding steroid dienone is 1. The first-order valence-electron chi connectivity index (χ1n) is 7.01. The maximum atomic E-state index is 9.42. The summed E-state index contributed by atoms with van der Waals surface area (Å²) in [5.74, 6) is 0.598. The summed E-state index contributed by atoms with van der Waals surface area (Å²) in [6.45, 7) is 0. The van der Waals surface area contributed by atoms with Crippen LogP contribution in [-0.4, -0.2) is 24.1 Å². The number of nitriles is 1. The van der Waals surface area contributed by atoms with Crippen LogP contribution in [0.25, 0.3) is 22.7 Å². The molecular formula is C18H17ClN4. The first kappa shape index (κ1) is 16.6. The van der Waals surface area contributed by atoms with Crippen molar-refractivity contribution < 1.29 is 0 Å². The summed E-state index contributed by atoms with van der Waals surface area (Å²) in [4.78, 5) is 9.70. The number of nitrogens with zero attached hydrogens (tertiary/aromatic N) is 3. The predicted molar refractivity (Wildman–Crippen MR) is 97.6 cm³/mol. The Balaban J connectivity index is 0.00000192. The molecule has 0 aliphatic rings. The number of aromatic nitrogens is 2. The van der Waals surface area contributed by atoms with Gasteiger partial charge >= 0.3 is 0 Å². The molecule has 2 aromatic carbocycles. The average Bonchev–Trinajstić information content (AvgIpc) is 2.96. The van der Waals surface area contributed by atoms with Crippen molar-refractivity contribution in [2.45, 2.75) is 0 Å². The summed E-state index contributed by atoms with van der Waals surface area (Å²) in [5.41, 5.74) is 4.42. The van der Waals surface area contributed by atoms with E-state index in [1.807, 2.05) is 73.6 Å². The smallest absolute Gasteiger partial charge is 0.149 e. The van der Waals surface area contributed by atoms with Gasteiger partial charge in [-0.2, -0.15) is 5.26 Å². The number of anilines is 1. The lowest BCUT2D eigenvalue weighted by molar-refractivity contribution is 1.13. The van der Waals surface area contributed by atoms with Gasteiger partial charge in [-0.25, -0.2) is 4.98 Å². The highest BCUT2D eigenvalue weighted by molar-refractivity contribution is 5.90. The van der Waals surface area contributed by atoms with Crippen molar-refractivity contribution in [2.75, 3.05) is 19.0 Å². The van der Waals surface area contributed by atoms with Crippen LogP contribution in [0.2, 0.25) is 0 Å². The van der Waals surface area contributed by atoms with E-state index in [4.69, 9.17) is 0 Å². The Kier molecular flexibility index (Phi) is 5.05. The number of imidazole rings is 1. The first-order chi connectivity index (χ1) is 10.7. The molecule has 4 nitrogen and oxygen atoms in total. The second-order valence-electron chi connectivity index (χ2n) is 5.26. The standard InChI is InChI=1S/C18H16N4.ClH/c1-22(2)15-9-7-13(8-10-15)11-14(12-19)18-20-16-5-3-4-6-17(16)21-18;/h3-11H,1-2H3,(H,20,21);1H/b14-11+;. The van der Waals surface area contributed by atoms with Crippen LogP contribution in [0.5, 0.6) is 0 Å². The number of benzene rings is 2. The topological polar surface area (TPSA) is 55.7 Å². The van der Waals surface area contributed by atoms with Gasteiger partial charge in [0.05, 0.1) is 16.6 Å². The van der Waals surface area contributed by atoms with Crippen LogP contribution >= 0.6 is 12.4 Å². The average molecular weight is 325 g/mol. The highest BCUT2D eigenvalue weighted by atomic mass is 35.5. The van der Waals surface area contributed by atoms with Crippen LogP contribution in [0.15, 0.2) is 48.5 Å². The zero-order chi connectivity index (χ0) is 15.5. The van der Waals surface area contributed by atoms with Crippen molar-refractivity contribution >= 4 is 40.8 Å². The summed E-state index contributed by atoms with van der Waals surface area (Å²) < 4.78 is 0. The van der Waals surface area contributed by atoms with Crippen molar-refractivity contribution in [2.24, 2.45) is 0 Å². The Labute approximate surface area is 141 Å². The second-order valence-corrected chi connectivity index (χ2v) is 5.26. The van der Waals surface area contributed by atoms with Crippen molar-refractivity contribution in [3.8, 4) is 6.07 Å². The SMILES string of the molecule is CN(C)c1ccc(/C=C(\C#N)c2nc3ccccc3[nH]2)cc1.Cl. The van der Waals surface area contributed by atoms with E-state index in [0.717, 1.165) is 22.3 Å². The molecule has 1 N–H and O–H groups in total. The molecule has 23 heavy (non-hydrogen) atoms. The zero-order valence-corrected chi connectivity index (χ0v) is 13.8. The Morgan fingerprint density at radius 2 is 1.83 bits per heavy atom. The van der Waals surface area contributed by atoms with Crippen molar-refractivity contribution in [1.29, 1.82) is 5.26 Å². The zero-order valence-electron chi connectivity index (χ0n) is 12.9. The van der Waals surface area contributed by atoms with Gasteiger partial charge in [-0.3, -0.25) is 0 Å². The summed E-state index contributed by atoms with van der Waals surface area (Å²) in [6.07, 6.45) is 1.84. The van der Waals surface area contributed by atoms with Crippen LogP contribution < -0.4 is 4.90 Å². The number of fused-ring (bicyclic) bond motifs is 1. The highest BCUT2D eigenvalue weighted by Crippen LogP contribution is 2.20. The molecule has 3 rings (SSSR count). The fraction of sp³-hybridized carbons (Fsp3) is 0.111. The van der Waals surface area contributed by atoms with Gasteiger partial charge in [0.25, 0.3) is 0 Å². The fourth-order valence-corrected chi connectivity index (χ4v) is 2.27. The molecule has 0 aliphatic carbocycles. The predicted octanol–water partition coefficient (Wildman–Crippen LogP) is 4.11. The molecule has 116 valence electrons. The van der Waals surface area contributed by atoms with E-state index in [-0.39, 0.29) is 12.4 Å². The molecule has 0 spiro atoms. The monoisotopic (exact) mass is 324 g/mol. The van der Waals surface area contributed by atoms with Crippen LogP contribution in [0, 0.1) is 11.3 Å². The van der Waals surface area contributed by atoms with Crippen molar-refractivity contribution in [1.82, 2.24) is 9.97 Å². The van der Waals surface area contributed by atoms with Gasteiger partial charge in [-0.15, -0.1) is 12.4 Å². The number of halogens is 1. The second kappa shape index (κ2) is 6.99. The first-order valence-corrected chi connectivity index (χ1v) is 7.01. The molecule has 0 atom stereocenters. The third-order valence-electron chi connectivity index (χ3n) is 3.49. The summed E-state index contributed by atoms with van der Waals surface area (Å²) in [7, 11) is 4.00. The van der Waals surface area contributed by atoms with E-state index < -0.39 is 0 Å². The van der Waals surface area contributed by atoms with Crippen LogP contribution in [0.3, 0.4) is 0 Å². The number of hydrogen-bond donors (Lipinski definition) is 1. The molecule has 0 unspecified atom stereocenters. The molecule has 1 heterocycles. The largest absolute Gasteiger partial charge is 0.378 e. The lowest BCUT2D eigenvalue weighted by atomic mass is 10.1. The highest BCUT2D eigenvalue weighted by Gasteiger charge is 2.07. The molecule has 5 heteroatoms. The lowest BCUT2D eigenvalue weighted by Crippen LogP contribution is -2.07. The Hall–Kier alpha value is -2.77. The minimum Gasteiger partial charge on any atom is -0.378 e. The molecule has 0 saturated heterocycles. The number of hydrogen-bond acceptors (Lipinski definition) is 3. The number of H-pyrrole nitrogens is 1. The fourth-order valence-electron chi connectivity index (χ4n) is 2.27. The van der Waals surface area contributed by atoms with E-state index in [9.17, 15) is 5.26 Å². The molecule has 0 radical (unpaired) electrons. The quantitative estimate of drug-likeness (QED) is 0.737. The molecule has 0 amide bonds. The third kappa shape index (κ3) is 3.53. The van der Waals surface area contributed by atoms with E-state index in [2.05, 4.69) is 16.0 Å². The lowest BCUT2D eigenvalue weighted by Gasteiger charge is -2.11. The molecule has 0 aliphatic heterocycles. The third-order valence-corrected chi connectivity index (χ3v) is 3.49. The van der Waals surface area contributed by atoms with Crippen molar-refractivity contribution in [3.05, 3.63) is 59.9 Å². The maximum Gasteiger partial charge on any atom is 0.149 e. The summed E-state index contributed by atoms with van der Waals surface area (Å²) in [6, 6.07) is 18.0. The summed E-state index contributed by atoms with van der Waals surface area (Å²) in [5, 5.41) is 9.42. The number of nitrogens with one attached hydrogen (secondary N) is 1. The number of aromatic amines is 1. The van der Waals surface area contributed by atoms with Gasteiger partial charge in [0, 0.05) is 19.8 Å². The van der Waals surface area contributed by atoms with Gasteiger partial charge in [-0.1, -0.05) is 24.3 Å². The van der Waals surface area contributed by atoms with Gasteiger partial charge in [-0.05, 0) is 35.9 Å². The summed E-state index contributed by atoms with van der Waals surface area (Å²) >= 11 is 0.